The van der Waals surface area contributed by atoms with Crippen LogP contribution in [0.5, 0.6) is 0 Å². The maximum atomic E-state index is 17.8. The molecule has 11 rings (SSSR count). The summed E-state index contributed by atoms with van der Waals surface area (Å²) in [6.07, 6.45) is 14.3. The van der Waals surface area contributed by atoms with Crippen LogP contribution in [0.1, 0.15) is 125 Å². The van der Waals surface area contributed by atoms with E-state index in [0.29, 0.717) is 11.1 Å². The molecule has 0 N–H and O–H groups in total. The van der Waals surface area contributed by atoms with Gasteiger partial charge in [0.15, 0.2) is 0 Å². The lowest BCUT2D eigenvalue weighted by Crippen LogP contribution is -2.11. The van der Waals surface area contributed by atoms with Gasteiger partial charge in [0.25, 0.3) is 0 Å². The molecule has 0 heterocycles. The van der Waals surface area contributed by atoms with Crippen LogP contribution in [0.3, 0.4) is 0 Å². The lowest BCUT2D eigenvalue weighted by Gasteiger charge is -2.27. The third kappa shape index (κ3) is 15.0. The van der Waals surface area contributed by atoms with Gasteiger partial charge in [-0.15, -0.1) is 0 Å². The molecule has 0 saturated carbocycles. The van der Waals surface area contributed by atoms with Gasteiger partial charge in [-0.1, -0.05) is 248 Å². The lowest BCUT2D eigenvalue weighted by atomic mass is 9.86. The number of unbranched alkanes of at least 4 members (excludes halogenated alkanes) is 6. The zero-order valence-corrected chi connectivity index (χ0v) is 53.6. The Kier molecular flexibility index (Phi) is 20.8. The Labute approximate surface area is 535 Å². The fourth-order valence-corrected chi connectivity index (χ4v) is 12.7. The van der Waals surface area contributed by atoms with Crippen molar-refractivity contribution in [2.24, 2.45) is 0 Å². The number of hydrogen-bond donors (Lipinski definition) is 0. The molecule has 2 nitrogen and oxygen atoms in total. The molecule has 454 valence electrons. The SMILES string of the molecule is CCCCCCc1cc(-c2ccc(N(c3ccc(-c4ccc(C)cc4)cc3)c3ccc(-c4ccc(CCC)cc4)cc3)cc2F)c(CCCCCC)cc1-c1ccc(N(c2ccc(-c3ccc(C)cc3)cc2)c2ccc(-c3ccc(CCC)cc3)cc2)cc1F. The number of rotatable bonds is 26. The van der Waals surface area contributed by atoms with Crippen molar-refractivity contribution in [3.05, 3.63) is 288 Å². The van der Waals surface area contributed by atoms with Crippen LogP contribution in [0.4, 0.5) is 42.9 Å². The Hall–Kier alpha value is -9.12. The summed E-state index contributed by atoms with van der Waals surface area (Å²) in [5.41, 5.74) is 24.3. The summed E-state index contributed by atoms with van der Waals surface area (Å²) in [5.74, 6) is -0.588. The summed E-state index contributed by atoms with van der Waals surface area (Å²) >= 11 is 0. The Balaban J connectivity index is 0.976. The molecule has 0 unspecified atom stereocenters. The zero-order valence-electron chi connectivity index (χ0n) is 53.6. The van der Waals surface area contributed by atoms with E-state index in [1.165, 1.54) is 22.3 Å². The molecule has 0 aliphatic heterocycles. The van der Waals surface area contributed by atoms with E-state index in [-0.39, 0.29) is 11.6 Å². The Morgan fingerprint density at radius 2 is 0.511 bits per heavy atom. The second-order valence-electron chi connectivity index (χ2n) is 24.6. The topological polar surface area (TPSA) is 6.48 Å². The second-order valence-corrected chi connectivity index (χ2v) is 24.6. The van der Waals surface area contributed by atoms with Gasteiger partial charge in [-0.2, -0.15) is 0 Å². The van der Waals surface area contributed by atoms with Crippen LogP contribution in [-0.4, -0.2) is 0 Å². The number of anilines is 6. The van der Waals surface area contributed by atoms with Gasteiger partial charge in [0.2, 0.25) is 0 Å². The van der Waals surface area contributed by atoms with Gasteiger partial charge >= 0.3 is 0 Å². The second kappa shape index (κ2) is 29.9. The Morgan fingerprint density at radius 3 is 0.778 bits per heavy atom. The van der Waals surface area contributed by atoms with Gasteiger partial charge in [0.1, 0.15) is 11.6 Å². The van der Waals surface area contributed by atoms with E-state index in [2.05, 4.69) is 270 Å². The smallest absolute Gasteiger partial charge is 0.133 e. The number of aryl methyl sites for hydroxylation is 6. The summed E-state index contributed by atoms with van der Waals surface area (Å²) in [6, 6.07) is 85.3. The first-order valence-electron chi connectivity index (χ1n) is 33.2. The van der Waals surface area contributed by atoms with E-state index < -0.39 is 0 Å². The number of nitrogens with zero attached hydrogens (tertiary/aromatic N) is 2. The van der Waals surface area contributed by atoms with Gasteiger partial charge in [0.05, 0.1) is 0 Å². The molecular weight excluding hydrogens is 1100 g/mol. The lowest BCUT2D eigenvalue weighted by molar-refractivity contribution is 0.629. The molecule has 0 aliphatic rings. The predicted octanol–water partition coefficient (Wildman–Crippen LogP) is 25.7. The van der Waals surface area contributed by atoms with Crippen molar-refractivity contribution in [1.82, 2.24) is 0 Å². The molecular formula is C86H86F2N2. The maximum Gasteiger partial charge on any atom is 0.133 e. The van der Waals surface area contributed by atoms with Gasteiger partial charge in [-0.25, -0.2) is 8.78 Å². The van der Waals surface area contributed by atoms with E-state index in [1.54, 1.807) is 12.1 Å². The summed E-state index contributed by atoms with van der Waals surface area (Å²) < 4.78 is 35.6. The maximum absolute atomic E-state index is 17.8. The van der Waals surface area contributed by atoms with Crippen molar-refractivity contribution in [3.8, 4) is 66.8 Å². The van der Waals surface area contributed by atoms with Crippen LogP contribution < -0.4 is 9.80 Å². The fourth-order valence-electron chi connectivity index (χ4n) is 12.7. The highest BCUT2D eigenvalue weighted by atomic mass is 19.1. The third-order valence-electron chi connectivity index (χ3n) is 17.9. The van der Waals surface area contributed by atoms with Gasteiger partial charge < -0.3 is 9.80 Å². The van der Waals surface area contributed by atoms with E-state index >= 15 is 8.78 Å². The van der Waals surface area contributed by atoms with Crippen LogP contribution in [0.15, 0.2) is 243 Å². The fraction of sp³-hybridized carbons (Fsp3) is 0.233. The van der Waals surface area contributed by atoms with E-state index in [1.807, 2.05) is 12.1 Å². The monoisotopic (exact) mass is 1180 g/mol. The van der Waals surface area contributed by atoms with E-state index in [0.717, 1.165) is 191 Å². The molecule has 0 amide bonds. The Bertz CT molecular complexity index is 3820. The van der Waals surface area contributed by atoms with Crippen molar-refractivity contribution in [2.75, 3.05) is 9.80 Å². The summed E-state index contributed by atoms with van der Waals surface area (Å²) in [7, 11) is 0. The number of hydrogen-bond acceptors (Lipinski definition) is 2. The minimum Gasteiger partial charge on any atom is -0.310 e. The van der Waals surface area contributed by atoms with E-state index in [4.69, 9.17) is 0 Å². The van der Waals surface area contributed by atoms with Crippen molar-refractivity contribution < 1.29 is 8.78 Å². The number of halogens is 2. The van der Waals surface area contributed by atoms with Gasteiger partial charge in [-0.05, 0) is 215 Å². The first-order chi connectivity index (χ1) is 44.1. The minimum atomic E-state index is -0.294. The molecule has 0 saturated heterocycles. The molecule has 11 aromatic carbocycles. The highest BCUT2D eigenvalue weighted by Gasteiger charge is 2.23. The minimum absolute atomic E-state index is 0.294. The van der Waals surface area contributed by atoms with Crippen molar-refractivity contribution in [2.45, 2.75) is 131 Å². The largest absolute Gasteiger partial charge is 0.310 e. The predicted molar refractivity (Wildman–Crippen MR) is 381 cm³/mol. The summed E-state index contributed by atoms with van der Waals surface area (Å²) in [4.78, 5) is 4.31. The first-order valence-corrected chi connectivity index (χ1v) is 33.2. The van der Waals surface area contributed by atoms with Crippen LogP contribution in [0.2, 0.25) is 0 Å². The van der Waals surface area contributed by atoms with Gasteiger partial charge in [0, 0.05) is 45.3 Å². The average Bonchev–Trinajstić information content (AvgIpc) is 0.856. The highest BCUT2D eigenvalue weighted by molar-refractivity contribution is 5.85. The van der Waals surface area contributed by atoms with Crippen LogP contribution in [0.25, 0.3) is 66.8 Å². The molecule has 0 fully saturated rings. The van der Waals surface area contributed by atoms with E-state index in [9.17, 15) is 0 Å². The van der Waals surface area contributed by atoms with Gasteiger partial charge in [-0.3, -0.25) is 0 Å². The molecule has 0 aromatic heterocycles. The molecule has 0 aliphatic carbocycles. The summed E-state index contributed by atoms with van der Waals surface area (Å²) in [5, 5.41) is 0. The van der Waals surface area contributed by atoms with Crippen molar-refractivity contribution in [3.63, 3.8) is 0 Å². The van der Waals surface area contributed by atoms with Crippen molar-refractivity contribution in [1.29, 1.82) is 0 Å². The third-order valence-corrected chi connectivity index (χ3v) is 17.9. The van der Waals surface area contributed by atoms with Crippen molar-refractivity contribution >= 4 is 34.1 Å². The molecule has 0 spiro atoms. The first kappa shape index (κ1) is 62.5. The molecule has 0 bridgehead atoms. The van der Waals surface area contributed by atoms with Crippen LogP contribution >= 0.6 is 0 Å². The standard InChI is InChI=1S/C86H86F2N2/c1-7-11-13-15-19-73-57-84(82-56-54-80(60-86(82)88)90(76-47-39-70(40-48-76)66-31-23-62(6)24-32-66)78-51-43-72(44-52-78)68-35-27-64(18-10-4)28-36-68)74(20-16-14-12-8-2)58-83(73)81-55-53-79(59-85(81)87)89(75-45-37-69(38-46-75)65-29-21-61(5)22-30-65)77-49-41-71(42-50-77)67-33-25-63(17-9-3)26-34-67/h21-60H,7-20H2,1-6H3. The average molecular weight is 1190 g/mol. The molecule has 4 heteroatoms. The molecule has 0 radical (unpaired) electrons. The molecule has 90 heavy (non-hydrogen) atoms. The van der Waals surface area contributed by atoms with Crippen LogP contribution in [0, 0.1) is 25.5 Å². The van der Waals surface area contributed by atoms with Crippen LogP contribution in [-0.2, 0) is 25.7 Å². The zero-order chi connectivity index (χ0) is 62.3. The molecule has 11 aromatic rings. The highest BCUT2D eigenvalue weighted by Crippen LogP contribution is 2.44. The quantitative estimate of drug-likeness (QED) is 0.0499. The summed E-state index contributed by atoms with van der Waals surface area (Å²) in [6.45, 7) is 13.1. The number of benzene rings is 11. The molecule has 0 atom stereocenters. The Morgan fingerprint density at radius 1 is 0.244 bits per heavy atom. The normalized spacial score (nSPS) is 11.3.